The zero-order valence-corrected chi connectivity index (χ0v) is 16.8. The maximum Gasteiger partial charge on any atom is 0.255 e. The predicted octanol–water partition coefficient (Wildman–Crippen LogP) is 4.60. The smallest absolute Gasteiger partial charge is 0.255 e. The summed E-state index contributed by atoms with van der Waals surface area (Å²) in [5.74, 6) is 1.11. The van der Waals surface area contributed by atoms with E-state index >= 15 is 0 Å². The second-order valence-electron chi connectivity index (χ2n) is 7.41. The van der Waals surface area contributed by atoms with Crippen LogP contribution in [0.15, 0.2) is 73.3 Å². The molecule has 32 heavy (non-hydrogen) atoms. The first-order chi connectivity index (χ1) is 15.7. The lowest BCUT2D eigenvalue weighted by Crippen LogP contribution is -2.11. The van der Waals surface area contributed by atoms with Crippen molar-refractivity contribution >= 4 is 22.6 Å². The number of fused-ring (bicyclic) bond motifs is 2. The predicted molar refractivity (Wildman–Crippen MR) is 120 cm³/mol. The third-order valence-corrected chi connectivity index (χ3v) is 5.45. The number of hydrogen-bond acceptors (Lipinski definition) is 5. The lowest BCUT2D eigenvalue weighted by Gasteiger charge is -2.08. The molecule has 2 aromatic carbocycles. The quantitative estimate of drug-likeness (QED) is 0.392. The van der Waals surface area contributed by atoms with Crippen molar-refractivity contribution in [3.05, 3.63) is 78.9 Å². The van der Waals surface area contributed by atoms with Gasteiger partial charge in [-0.3, -0.25) is 9.89 Å². The lowest BCUT2D eigenvalue weighted by atomic mass is 10.0. The number of pyridine rings is 1. The molecular formula is C24H17N5O3. The Labute approximate surface area is 182 Å². The molecule has 4 heterocycles. The summed E-state index contributed by atoms with van der Waals surface area (Å²) in [6, 6.07) is 14.8. The van der Waals surface area contributed by atoms with Crippen LogP contribution in [0.25, 0.3) is 33.3 Å². The fraction of sp³-hybridized carbons (Fsp3) is 0.0417. The van der Waals surface area contributed by atoms with Gasteiger partial charge in [0.25, 0.3) is 5.91 Å². The number of anilines is 1. The first-order valence-electron chi connectivity index (χ1n) is 10.0. The normalized spacial score (nSPS) is 12.2. The van der Waals surface area contributed by atoms with Gasteiger partial charge >= 0.3 is 0 Å². The topological polar surface area (TPSA) is 105 Å². The van der Waals surface area contributed by atoms with Gasteiger partial charge in [-0.15, -0.1) is 0 Å². The van der Waals surface area contributed by atoms with E-state index in [0.717, 1.165) is 33.3 Å². The molecule has 3 aromatic heterocycles. The van der Waals surface area contributed by atoms with E-state index in [1.807, 2.05) is 30.7 Å². The van der Waals surface area contributed by atoms with Crippen LogP contribution in [-0.2, 0) is 0 Å². The minimum Gasteiger partial charge on any atom is -0.454 e. The van der Waals surface area contributed by atoms with Gasteiger partial charge < -0.3 is 19.8 Å². The number of carbonyl (C=O) groups excluding carboxylic acids is 1. The van der Waals surface area contributed by atoms with Crippen LogP contribution in [0, 0.1) is 0 Å². The highest BCUT2D eigenvalue weighted by molar-refractivity contribution is 6.04. The van der Waals surface area contributed by atoms with E-state index in [9.17, 15) is 4.79 Å². The average Bonchev–Trinajstić information content (AvgIpc) is 3.58. The summed E-state index contributed by atoms with van der Waals surface area (Å²) in [5, 5.41) is 10.8. The molecule has 0 fully saturated rings. The number of ether oxygens (including phenoxy) is 2. The number of nitrogens with one attached hydrogen (secondary N) is 3. The molecule has 0 aliphatic carbocycles. The van der Waals surface area contributed by atoms with Gasteiger partial charge in [-0.25, -0.2) is 4.98 Å². The van der Waals surface area contributed by atoms with Crippen molar-refractivity contribution < 1.29 is 14.3 Å². The van der Waals surface area contributed by atoms with Gasteiger partial charge in [0.1, 0.15) is 5.65 Å². The van der Waals surface area contributed by atoms with Crippen molar-refractivity contribution in [2.45, 2.75) is 0 Å². The molecule has 0 saturated heterocycles. The lowest BCUT2D eigenvalue weighted by molar-refractivity contribution is 0.102. The third-order valence-electron chi connectivity index (χ3n) is 5.45. The van der Waals surface area contributed by atoms with E-state index in [0.29, 0.717) is 22.7 Å². The van der Waals surface area contributed by atoms with E-state index in [1.165, 1.54) is 0 Å². The Morgan fingerprint density at radius 3 is 2.62 bits per heavy atom. The summed E-state index contributed by atoms with van der Waals surface area (Å²) in [7, 11) is 0. The minimum atomic E-state index is -0.197. The second kappa shape index (κ2) is 7.28. The Kier molecular flexibility index (Phi) is 4.14. The Bertz CT molecular complexity index is 1440. The number of hydrogen-bond donors (Lipinski definition) is 3. The zero-order chi connectivity index (χ0) is 21.5. The van der Waals surface area contributed by atoms with Gasteiger partial charge in [-0.1, -0.05) is 12.1 Å². The van der Waals surface area contributed by atoms with Crippen molar-refractivity contribution in [1.82, 2.24) is 20.2 Å². The molecule has 1 aliphatic rings. The molecule has 6 rings (SSSR count). The SMILES string of the molecule is O=C(Nc1ccc2c(c1)OCO2)c1ccc(-c2cnc3[nH]cc(-c4cn[nH]c4)c3c2)cc1. The van der Waals surface area contributed by atoms with E-state index in [4.69, 9.17) is 9.47 Å². The number of aromatic amines is 2. The highest BCUT2D eigenvalue weighted by Gasteiger charge is 2.15. The third kappa shape index (κ3) is 3.14. The number of nitrogens with zero attached hydrogens (tertiary/aromatic N) is 2. The molecule has 0 spiro atoms. The molecule has 5 aromatic rings. The standard InChI is InChI=1S/C24H17N5O3/c30-24(29-18-5-6-21-22(8-18)32-13-31-21)15-3-1-14(2-4-15)16-7-19-20(17-10-27-28-11-17)12-26-23(19)25-9-16/h1-12H,13H2,(H,25,26)(H,27,28)(H,29,30). The average molecular weight is 423 g/mol. The van der Waals surface area contributed by atoms with Crippen LogP contribution in [0.5, 0.6) is 11.5 Å². The number of rotatable bonds is 4. The van der Waals surface area contributed by atoms with Crippen LogP contribution in [0.1, 0.15) is 10.4 Å². The van der Waals surface area contributed by atoms with Gasteiger partial charge in [-0.2, -0.15) is 5.10 Å². The molecule has 1 aliphatic heterocycles. The van der Waals surface area contributed by atoms with Crippen LogP contribution in [0.3, 0.4) is 0 Å². The molecule has 1 amide bonds. The maximum absolute atomic E-state index is 12.7. The minimum absolute atomic E-state index is 0.196. The van der Waals surface area contributed by atoms with Crippen LogP contribution < -0.4 is 14.8 Å². The van der Waals surface area contributed by atoms with E-state index in [2.05, 4.69) is 31.5 Å². The van der Waals surface area contributed by atoms with E-state index in [1.54, 1.807) is 36.5 Å². The second-order valence-corrected chi connectivity index (χ2v) is 7.41. The summed E-state index contributed by atoms with van der Waals surface area (Å²) in [5.41, 5.74) is 5.97. The summed E-state index contributed by atoms with van der Waals surface area (Å²) in [6.45, 7) is 0.196. The van der Waals surface area contributed by atoms with Crippen LogP contribution >= 0.6 is 0 Å². The summed E-state index contributed by atoms with van der Waals surface area (Å²) >= 11 is 0. The summed E-state index contributed by atoms with van der Waals surface area (Å²) in [4.78, 5) is 20.4. The zero-order valence-electron chi connectivity index (χ0n) is 16.8. The van der Waals surface area contributed by atoms with Gasteiger partial charge in [0.15, 0.2) is 11.5 Å². The molecule has 0 unspecified atom stereocenters. The largest absolute Gasteiger partial charge is 0.454 e. The molecule has 3 N–H and O–H groups in total. The maximum atomic E-state index is 12.7. The van der Waals surface area contributed by atoms with Crippen LogP contribution in [0.2, 0.25) is 0 Å². The number of amides is 1. The Morgan fingerprint density at radius 1 is 0.906 bits per heavy atom. The fourth-order valence-electron chi connectivity index (χ4n) is 3.79. The molecule has 8 heteroatoms. The van der Waals surface area contributed by atoms with E-state index in [-0.39, 0.29) is 12.7 Å². The molecule has 156 valence electrons. The van der Waals surface area contributed by atoms with Gasteiger partial charge in [-0.05, 0) is 35.9 Å². The van der Waals surface area contributed by atoms with Gasteiger partial charge in [0.05, 0.1) is 6.20 Å². The molecule has 0 radical (unpaired) electrons. The molecule has 0 bridgehead atoms. The monoisotopic (exact) mass is 423 g/mol. The highest BCUT2D eigenvalue weighted by Crippen LogP contribution is 2.34. The van der Waals surface area contributed by atoms with Crippen molar-refractivity contribution in [3.8, 4) is 33.8 Å². The number of aromatic nitrogens is 4. The van der Waals surface area contributed by atoms with Crippen molar-refractivity contribution in [2.24, 2.45) is 0 Å². The molecule has 0 atom stereocenters. The highest BCUT2D eigenvalue weighted by atomic mass is 16.7. The number of benzene rings is 2. The molecule has 0 saturated carbocycles. The summed E-state index contributed by atoms with van der Waals surface area (Å²) in [6.07, 6.45) is 7.38. The van der Waals surface area contributed by atoms with Crippen molar-refractivity contribution in [1.29, 1.82) is 0 Å². The van der Waals surface area contributed by atoms with Crippen LogP contribution in [-0.4, -0.2) is 32.9 Å². The summed E-state index contributed by atoms with van der Waals surface area (Å²) < 4.78 is 10.7. The molecule has 8 nitrogen and oxygen atoms in total. The number of H-pyrrole nitrogens is 2. The Hall–Kier alpha value is -4.59. The number of carbonyl (C=O) groups is 1. The molecular weight excluding hydrogens is 406 g/mol. The van der Waals surface area contributed by atoms with Gasteiger partial charge in [0, 0.05) is 58.0 Å². The van der Waals surface area contributed by atoms with E-state index < -0.39 is 0 Å². The Balaban J connectivity index is 1.25. The fourth-order valence-corrected chi connectivity index (χ4v) is 3.79. The van der Waals surface area contributed by atoms with Crippen molar-refractivity contribution in [2.75, 3.05) is 12.1 Å². The van der Waals surface area contributed by atoms with Crippen molar-refractivity contribution in [3.63, 3.8) is 0 Å². The van der Waals surface area contributed by atoms with Gasteiger partial charge in [0.2, 0.25) is 6.79 Å². The first-order valence-corrected chi connectivity index (χ1v) is 10.0. The van der Waals surface area contributed by atoms with Crippen LogP contribution in [0.4, 0.5) is 5.69 Å². The first kappa shape index (κ1) is 18.2. The Morgan fingerprint density at radius 2 is 1.78 bits per heavy atom.